The fraction of sp³-hybridized carbons (Fsp3) is 0.333. The highest BCUT2D eigenvalue weighted by atomic mass is 79.9. The summed E-state index contributed by atoms with van der Waals surface area (Å²) < 4.78 is 11.1. The number of furan rings is 1. The minimum absolute atomic E-state index is 0.119. The number of carboxylic acids is 1. The number of aromatic nitrogens is 1. The van der Waals surface area contributed by atoms with Gasteiger partial charge in [0.25, 0.3) is 5.89 Å². The molecule has 0 aliphatic rings. The van der Waals surface area contributed by atoms with Crippen LogP contribution in [0.3, 0.4) is 0 Å². The lowest BCUT2D eigenvalue weighted by Crippen LogP contribution is -2.03. The monoisotopic (exact) mass is 313 g/mol. The molecular weight excluding hydrogens is 302 g/mol. The highest BCUT2D eigenvalue weighted by Gasteiger charge is 2.22. The molecular formula is C12H12BrNO4. The summed E-state index contributed by atoms with van der Waals surface area (Å²) in [4.78, 5) is 15.3. The van der Waals surface area contributed by atoms with Crippen LogP contribution in [0, 0.1) is 5.92 Å². The van der Waals surface area contributed by atoms with E-state index in [1.807, 2.05) is 13.8 Å². The number of hydrogen-bond donors (Lipinski definition) is 1. The van der Waals surface area contributed by atoms with Gasteiger partial charge in [0.2, 0.25) is 5.76 Å². The average Bonchev–Trinajstić information content (AvgIpc) is 2.83. The van der Waals surface area contributed by atoms with Gasteiger partial charge in [-0.1, -0.05) is 13.8 Å². The summed E-state index contributed by atoms with van der Waals surface area (Å²) >= 11 is 3.17. The van der Waals surface area contributed by atoms with E-state index in [1.54, 1.807) is 12.1 Å². The van der Waals surface area contributed by atoms with E-state index in [4.69, 9.17) is 13.9 Å². The molecule has 6 heteroatoms. The zero-order chi connectivity index (χ0) is 13.3. The predicted octanol–water partition coefficient (Wildman–Crippen LogP) is 3.59. The van der Waals surface area contributed by atoms with Gasteiger partial charge < -0.3 is 13.9 Å². The van der Waals surface area contributed by atoms with Crippen molar-refractivity contribution in [2.45, 2.75) is 20.3 Å². The third-order valence-electron chi connectivity index (χ3n) is 2.28. The van der Waals surface area contributed by atoms with Gasteiger partial charge in [-0.25, -0.2) is 9.78 Å². The van der Waals surface area contributed by atoms with Crippen LogP contribution < -0.4 is 0 Å². The first-order valence-corrected chi connectivity index (χ1v) is 6.25. The lowest BCUT2D eigenvalue weighted by molar-refractivity contribution is 0.0661. The van der Waals surface area contributed by atoms with Crippen LogP contribution in [-0.4, -0.2) is 16.1 Å². The van der Waals surface area contributed by atoms with Crippen molar-refractivity contribution in [3.8, 4) is 11.7 Å². The molecule has 0 spiro atoms. The van der Waals surface area contributed by atoms with E-state index in [1.165, 1.54) is 0 Å². The largest absolute Gasteiger partial charge is 0.475 e. The quantitative estimate of drug-likeness (QED) is 0.933. The van der Waals surface area contributed by atoms with E-state index in [9.17, 15) is 4.79 Å². The molecule has 0 aromatic carbocycles. The van der Waals surface area contributed by atoms with E-state index >= 15 is 0 Å². The van der Waals surface area contributed by atoms with Crippen LogP contribution in [0.1, 0.15) is 30.1 Å². The number of oxazole rings is 1. The molecule has 0 atom stereocenters. The van der Waals surface area contributed by atoms with Gasteiger partial charge in [-0.3, -0.25) is 0 Å². The first-order valence-electron chi connectivity index (χ1n) is 5.46. The zero-order valence-corrected chi connectivity index (χ0v) is 11.5. The fourth-order valence-electron chi connectivity index (χ4n) is 1.58. The number of rotatable bonds is 4. The Morgan fingerprint density at radius 3 is 2.67 bits per heavy atom. The molecule has 0 saturated heterocycles. The van der Waals surface area contributed by atoms with Crippen molar-refractivity contribution in [2.75, 3.05) is 0 Å². The van der Waals surface area contributed by atoms with Gasteiger partial charge in [-0.2, -0.15) is 0 Å². The second-order valence-corrected chi connectivity index (χ2v) is 5.08. The summed E-state index contributed by atoms with van der Waals surface area (Å²) in [6.45, 7) is 3.98. The Morgan fingerprint density at radius 1 is 1.44 bits per heavy atom. The molecule has 1 N–H and O–H groups in total. The molecule has 0 radical (unpaired) electrons. The summed E-state index contributed by atoms with van der Waals surface area (Å²) in [7, 11) is 0. The number of halogens is 1. The van der Waals surface area contributed by atoms with Gasteiger partial charge >= 0.3 is 5.97 Å². The van der Waals surface area contributed by atoms with Crippen molar-refractivity contribution < 1.29 is 18.7 Å². The van der Waals surface area contributed by atoms with Crippen LogP contribution in [0.5, 0.6) is 0 Å². The summed E-state index contributed by atoms with van der Waals surface area (Å²) in [6, 6.07) is 3.36. The topological polar surface area (TPSA) is 76.5 Å². The smallest absolute Gasteiger partial charge is 0.373 e. The van der Waals surface area contributed by atoms with Gasteiger partial charge in [0.05, 0.1) is 5.69 Å². The van der Waals surface area contributed by atoms with E-state index in [0.717, 1.165) is 0 Å². The van der Waals surface area contributed by atoms with E-state index in [-0.39, 0.29) is 11.7 Å². The molecule has 0 saturated carbocycles. The van der Waals surface area contributed by atoms with Crippen LogP contribution >= 0.6 is 15.9 Å². The molecule has 0 fully saturated rings. The van der Waals surface area contributed by atoms with Gasteiger partial charge in [0.15, 0.2) is 10.4 Å². The molecule has 0 amide bonds. The molecule has 0 aliphatic heterocycles. The minimum atomic E-state index is -1.12. The van der Waals surface area contributed by atoms with E-state index < -0.39 is 5.97 Å². The van der Waals surface area contributed by atoms with E-state index in [2.05, 4.69) is 20.9 Å². The Hall–Kier alpha value is -1.56. The van der Waals surface area contributed by atoms with Crippen LogP contribution in [0.2, 0.25) is 0 Å². The van der Waals surface area contributed by atoms with Gasteiger partial charge in [-0.05, 0) is 40.4 Å². The van der Waals surface area contributed by atoms with Gasteiger partial charge in [0, 0.05) is 0 Å². The van der Waals surface area contributed by atoms with Crippen molar-refractivity contribution in [2.24, 2.45) is 5.92 Å². The third-order valence-corrected chi connectivity index (χ3v) is 2.70. The fourth-order valence-corrected chi connectivity index (χ4v) is 1.89. The van der Waals surface area contributed by atoms with Crippen molar-refractivity contribution in [3.63, 3.8) is 0 Å². The number of carbonyl (C=O) groups is 1. The maximum Gasteiger partial charge on any atom is 0.373 e. The highest BCUT2D eigenvalue weighted by molar-refractivity contribution is 9.10. The summed E-state index contributed by atoms with van der Waals surface area (Å²) in [5, 5.41) is 9.07. The summed E-state index contributed by atoms with van der Waals surface area (Å²) in [5.41, 5.74) is 0.444. The van der Waals surface area contributed by atoms with Crippen LogP contribution in [0.25, 0.3) is 11.7 Å². The maximum atomic E-state index is 11.1. The minimum Gasteiger partial charge on any atom is -0.475 e. The lowest BCUT2D eigenvalue weighted by Gasteiger charge is -1.99. The highest BCUT2D eigenvalue weighted by Crippen LogP contribution is 2.27. The Labute approximate surface area is 112 Å². The normalized spacial score (nSPS) is 11.1. The summed E-state index contributed by atoms with van der Waals surface area (Å²) in [6.07, 6.45) is 0.549. The van der Waals surface area contributed by atoms with Crippen molar-refractivity contribution >= 4 is 21.9 Å². The number of aromatic carboxylic acids is 1. The Kier molecular flexibility index (Phi) is 3.56. The Bertz CT molecular complexity index is 570. The predicted molar refractivity (Wildman–Crippen MR) is 67.4 cm³/mol. The van der Waals surface area contributed by atoms with Crippen LogP contribution in [-0.2, 0) is 6.42 Å². The average molecular weight is 314 g/mol. The standard InChI is InChI=1S/C12H12BrNO4/c1-6(2)5-7-10(12(15)16)18-11(14-7)8-3-4-9(13)17-8/h3-4,6H,5H2,1-2H3,(H,15,16). The molecule has 2 rings (SSSR count). The third kappa shape index (κ3) is 2.64. The molecule has 2 heterocycles. The molecule has 5 nitrogen and oxygen atoms in total. The maximum absolute atomic E-state index is 11.1. The zero-order valence-electron chi connectivity index (χ0n) is 9.94. The molecule has 18 heavy (non-hydrogen) atoms. The Balaban J connectivity index is 2.42. The second-order valence-electron chi connectivity index (χ2n) is 4.30. The van der Waals surface area contributed by atoms with Crippen LogP contribution in [0.15, 0.2) is 25.6 Å². The molecule has 0 unspecified atom stereocenters. The summed E-state index contributed by atoms with van der Waals surface area (Å²) in [5.74, 6) is -0.348. The van der Waals surface area contributed by atoms with Crippen molar-refractivity contribution in [1.29, 1.82) is 0 Å². The second kappa shape index (κ2) is 4.97. The first-order chi connectivity index (χ1) is 8.47. The number of carboxylic acid groups (broad SMARTS) is 1. The molecule has 0 aliphatic carbocycles. The molecule has 2 aromatic heterocycles. The SMILES string of the molecule is CC(C)Cc1nc(-c2ccc(Br)o2)oc1C(=O)O. The Morgan fingerprint density at radius 2 is 2.17 bits per heavy atom. The van der Waals surface area contributed by atoms with Crippen molar-refractivity contribution in [1.82, 2.24) is 4.98 Å². The number of hydrogen-bond acceptors (Lipinski definition) is 4. The lowest BCUT2D eigenvalue weighted by atomic mass is 10.1. The molecule has 96 valence electrons. The first kappa shape index (κ1) is 12.9. The van der Waals surface area contributed by atoms with Crippen LogP contribution in [0.4, 0.5) is 0 Å². The van der Waals surface area contributed by atoms with Gasteiger partial charge in [-0.15, -0.1) is 0 Å². The van der Waals surface area contributed by atoms with E-state index in [0.29, 0.717) is 28.5 Å². The van der Waals surface area contributed by atoms with Crippen molar-refractivity contribution in [3.05, 3.63) is 28.3 Å². The molecule has 2 aromatic rings. The van der Waals surface area contributed by atoms with Gasteiger partial charge in [0.1, 0.15) is 0 Å². The molecule has 0 bridgehead atoms. The number of nitrogens with zero attached hydrogens (tertiary/aromatic N) is 1.